The van der Waals surface area contributed by atoms with Gasteiger partial charge in [0.15, 0.2) is 0 Å². The van der Waals surface area contributed by atoms with Crippen molar-refractivity contribution in [3.8, 4) is 5.75 Å². The van der Waals surface area contributed by atoms with Crippen molar-refractivity contribution >= 4 is 33.2 Å². The fraction of sp³-hybridized carbons (Fsp3) is 0.444. The zero-order chi connectivity index (χ0) is 11.3. The third-order valence-corrected chi connectivity index (χ3v) is 3.54. The maximum absolute atomic E-state index is 11.6. The number of ether oxygens (including phenoxy) is 1. The molecule has 0 saturated carbocycles. The first-order valence-electron chi connectivity index (χ1n) is 4.45. The number of rotatable bonds is 5. The number of likely N-dealkylation sites (N-methyl/N-ethyl adjacent to an activating group) is 1. The zero-order valence-electron chi connectivity index (χ0n) is 8.59. The molecule has 84 valence electrons. The topological polar surface area (TPSA) is 50.4 Å². The van der Waals surface area contributed by atoms with Gasteiger partial charge in [-0.15, -0.1) is 11.3 Å². The third kappa shape index (κ3) is 3.48. The first-order chi connectivity index (χ1) is 7.19. The van der Waals surface area contributed by atoms with Crippen molar-refractivity contribution in [1.29, 1.82) is 0 Å². The highest BCUT2D eigenvalue weighted by Crippen LogP contribution is 2.34. The van der Waals surface area contributed by atoms with Crippen LogP contribution >= 0.6 is 27.3 Å². The van der Waals surface area contributed by atoms with Gasteiger partial charge in [0.05, 0.1) is 12.0 Å². The van der Waals surface area contributed by atoms with E-state index in [9.17, 15) is 4.79 Å². The van der Waals surface area contributed by atoms with Gasteiger partial charge in [0, 0.05) is 19.2 Å². The summed E-state index contributed by atoms with van der Waals surface area (Å²) in [7, 11) is 3.42. The van der Waals surface area contributed by atoms with E-state index in [4.69, 9.17) is 4.74 Å². The van der Waals surface area contributed by atoms with Crippen LogP contribution in [0.5, 0.6) is 5.75 Å². The molecule has 0 saturated heterocycles. The smallest absolute Gasteiger partial charge is 0.261 e. The molecule has 1 aromatic rings. The Bertz CT molecular complexity index is 341. The summed E-state index contributed by atoms with van der Waals surface area (Å²) in [6, 6.07) is 1.73. The molecule has 2 N–H and O–H groups in total. The van der Waals surface area contributed by atoms with Crippen molar-refractivity contribution in [2.45, 2.75) is 0 Å². The van der Waals surface area contributed by atoms with Crippen molar-refractivity contribution < 1.29 is 9.53 Å². The van der Waals surface area contributed by atoms with E-state index in [1.165, 1.54) is 11.3 Å². The second-order valence-electron chi connectivity index (χ2n) is 2.81. The van der Waals surface area contributed by atoms with E-state index in [-0.39, 0.29) is 5.91 Å². The molecular formula is C9H13BrN2O2S. The molecule has 1 heterocycles. The largest absolute Gasteiger partial charge is 0.495 e. The van der Waals surface area contributed by atoms with Gasteiger partial charge >= 0.3 is 0 Å². The molecule has 0 aliphatic rings. The molecule has 0 aliphatic carbocycles. The van der Waals surface area contributed by atoms with Crippen LogP contribution in [0.1, 0.15) is 9.67 Å². The van der Waals surface area contributed by atoms with E-state index in [1.807, 2.05) is 7.05 Å². The maximum atomic E-state index is 11.6. The molecule has 0 fully saturated rings. The lowest BCUT2D eigenvalue weighted by atomic mass is 10.4. The monoisotopic (exact) mass is 292 g/mol. The van der Waals surface area contributed by atoms with Crippen molar-refractivity contribution in [3.05, 3.63) is 14.7 Å². The normalized spacial score (nSPS) is 10.1. The molecule has 1 rings (SSSR count). The number of carbonyl (C=O) groups is 1. The molecule has 0 aromatic carbocycles. The van der Waals surface area contributed by atoms with Gasteiger partial charge in [-0.3, -0.25) is 4.79 Å². The molecule has 6 heteroatoms. The van der Waals surface area contributed by atoms with Gasteiger partial charge in [-0.05, 0) is 23.0 Å². The highest BCUT2D eigenvalue weighted by Gasteiger charge is 2.12. The Balaban J connectivity index is 2.58. The van der Waals surface area contributed by atoms with E-state index in [0.29, 0.717) is 17.2 Å². The summed E-state index contributed by atoms with van der Waals surface area (Å²) < 4.78 is 5.91. The summed E-state index contributed by atoms with van der Waals surface area (Å²) in [6.07, 6.45) is 0. The van der Waals surface area contributed by atoms with Crippen LogP contribution in [0.2, 0.25) is 0 Å². The van der Waals surface area contributed by atoms with E-state index in [0.717, 1.165) is 10.3 Å². The van der Waals surface area contributed by atoms with Crippen LogP contribution in [0.15, 0.2) is 9.85 Å². The highest BCUT2D eigenvalue weighted by molar-refractivity contribution is 9.11. The standard InChI is InChI=1S/C9H13BrN2O2S/c1-11-3-4-12-9(13)7-5-6(14-2)8(10)15-7/h5,11H,3-4H2,1-2H3,(H,12,13). The predicted octanol–water partition coefficient (Wildman–Crippen LogP) is 1.47. The second-order valence-corrected chi connectivity index (χ2v) is 5.18. The minimum Gasteiger partial charge on any atom is -0.495 e. The minimum atomic E-state index is -0.0701. The predicted molar refractivity (Wildman–Crippen MR) is 64.8 cm³/mol. The molecule has 0 spiro atoms. The Morgan fingerprint density at radius 2 is 2.33 bits per heavy atom. The molecule has 0 bridgehead atoms. The van der Waals surface area contributed by atoms with Crippen molar-refractivity contribution in [1.82, 2.24) is 10.6 Å². The Morgan fingerprint density at radius 3 is 2.87 bits per heavy atom. The van der Waals surface area contributed by atoms with Gasteiger partial charge in [0.25, 0.3) is 5.91 Å². The number of methoxy groups -OCH3 is 1. The molecule has 15 heavy (non-hydrogen) atoms. The number of hydrogen-bond acceptors (Lipinski definition) is 4. The summed E-state index contributed by atoms with van der Waals surface area (Å²) in [4.78, 5) is 12.2. The van der Waals surface area contributed by atoms with Gasteiger partial charge in [0.2, 0.25) is 0 Å². The highest BCUT2D eigenvalue weighted by atomic mass is 79.9. The Morgan fingerprint density at radius 1 is 1.60 bits per heavy atom. The van der Waals surface area contributed by atoms with Gasteiger partial charge in [-0.2, -0.15) is 0 Å². The number of halogens is 1. The molecule has 1 aromatic heterocycles. The fourth-order valence-corrected chi connectivity index (χ4v) is 2.56. The average molecular weight is 293 g/mol. The van der Waals surface area contributed by atoms with Gasteiger partial charge in [-0.25, -0.2) is 0 Å². The number of carbonyl (C=O) groups excluding carboxylic acids is 1. The van der Waals surface area contributed by atoms with E-state index in [1.54, 1.807) is 13.2 Å². The molecule has 1 amide bonds. The van der Waals surface area contributed by atoms with Crippen LogP contribution in [0.4, 0.5) is 0 Å². The van der Waals surface area contributed by atoms with Crippen LogP contribution < -0.4 is 15.4 Å². The SMILES string of the molecule is CNCCNC(=O)c1cc(OC)c(Br)s1. The summed E-state index contributed by atoms with van der Waals surface area (Å²) in [5.74, 6) is 0.623. The zero-order valence-corrected chi connectivity index (χ0v) is 11.0. The van der Waals surface area contributed by atoms with Crippen molar-refractivity contribution in [2.75, 3.05) is 27.2 Å². The summed E-state index contributed by atoms with van der Waals surface area (Å²) in [6.45, 7) is 1.38. The van der Waals surface area contributed by atoms with E-state index in [2.05, 4.69) is 26.6 Å². The summed E-state index contributed by atoms with van der Waals surface area (Å²) >= 11 is 4.69. The van der Waals surface area contributed by atoms with Crippen LogP contribution in [0, 0.1) is 0 Å². The number of thiophene rings is 1. The third-order valence-electron chi connectivity index (χ3n) is 1.76. The molecule has 0 unspecified atom stereocenters. The number of nitrogens with one attached hydrogen (secondary N) is 2. The van der Waals surface area contributed by atoms with Gasteiger partial charge < -0.3 is 15.4 Å². The molecule has 4 nitrogen and oxygen atoms in total. The number of hydrogen-bond donors (Lipinski definition) is 2. The fourth-order valence-electron chi connectivity index (χ4n) is 0.991. The quantitative estimate of drug-likeness (QED) is 0.808. The molecule has 0 aliphatic heterocycles. The molecule has 0 radical (unpaired) electrons. The molecule has 0 atom stereocenters. The Labute approximate surface area is 101 Å². The summed E-state index contributed by atoms with van der Waals surface area (Å²) in [5.41, 5.74) is 0. The second kappa shape index (κ2) is 6.09. The van der Waals surface area contributed by atoms with Gasteiger partial charge in [-0.1, -0.05) is 0 Å². The van der Waals surface area contributed by atoms with Crippen LogP contribution in [-0.4, -0.2) is 33.2 Å². The van der Waals surface area contributed by atoms with Gasteiger partial charge in [0.1, 0.15) is 9.54 Å². The lowest BCUT2D eigenvalue weighted by molar-refractivity contribution is 0.0958. The van der Waals surface area contributed by atoms with Crippen molar-refractivity contribution in [2.24, 2.45) is 0 Å². The lowest BCUT2D eigenvalue weighted by Crippen LogP contribution is -2.29. The number of amides is 1. The van der Waals surface area contributed by atoms with E-state index < -0.39 is 0 Å². The Kier molecular flexibility index (Phi) is 5.07. The van der Waals surface area contributed by atoms with Crippen LogP contribution in [0.3, 0.4) is 0 Å². The summed E-state index contributed by atoms with van der Waals surface area (Å²) in [5, 5.41) is 5.75. The minimum absolute atomic E-state index is 0.0701. The van der Waals surface area contributed by atoms with E-state index >= 15 is 0 Å². The average Bonchev–Trinajstić information content (AvgIpc) is 2.60. The van der Waals surface area contributed by atoms with Crippen LogP contribution in [0.25, 0.3) is 0 Å². The first kappa shape index (κ1) is 12.5. The lowest BCUT2D eigenvalue weighted by Gasteiger charge is -2.01. The Hall–Kier alpha value is -0.590. The van der Waals surface area contributed by atoms with Crippen LogP contribution in [-0.2, 0) is 0 Å². The first-order valence-corrected chi connectivity index (χ1v) is 6.06. The van der Waals surface area contributed by atoms with Crippen molar-refractivity contribution in [3.63, 3.8) is 0 Å². The molecular weight excluding hydrogens is 280 g/mol. The maximum Gasteiger partial charge on any atom is 0.261 e.